The molecular formula is C77H145NO5. The van der Waals surface area contributed by atoms with Crippen LogP contribution in [0.1, 0.15) is 406 Å². The van der Waals surface area contributed by atoms with Crippen LogP contribution in [0.2, 0.25) is 0 Å². The van der Waals surface area contributed by atoms with E-state index in [9.17, 15) is 19.8 Å². The molecule has 0 aliphatic rings. The van der Waals surface area contributed by atoms with Gasteiger partial charge in [0.25, 0.3) is 0 Å². The third-order valence-corrected chi connectivity index (χ3v) is 17.4. The SMILES string of the molecule is CCCCCC/C=C\C/C=C\CCCCCCCCCC(=O)OCCCCCCCCCCC/C=C\C/C=C\CCCCCCCCCCCCCC(=O)NC(CO)C(O)CCCCCCCCCCCCCCCCCCCCCCC. The second-order valence-electron chi connectivity index (χ2n) is 25.6. The van der Waals surface area contributed by atoms with Gasteiger partial charge in [0.05, 0.1) is 25.4 Å². The highest BCUT2D eigenvalue weighted by molar-refractivity contribution is 5.76. The molecule has 0 radical (unpaired) electrons. The van der Waals surface area contributed by atoms with Gasteiger partial charge in [-0.25, -0.2) is 0 Å². The van der Waals surface area contributed by atoms with E-state index < -0.39 is 12.1 Å². The van der Waals surface area contributed by atoms with E-state index >= 15 is 0 Å². The quantitative estimate of drug-likeness (QED) is 0.0320. The van der Waals surface area contributed by atoms with Gasteiger partial charge in [-0.15, -0.1) is 0 Å². The molecule has 1 amide bonds. The Balaban J connectivity index is 3.42. The highest BCUT2D eigenvalue weighted by atomic mass is 16.5. The summed E-state index contributed by atoms with van der Waals surface area (Å²) in [5, 5.41) is 23.4. The maximum Gasteiger partial charge on any atom is 0.305 e. The molecule has 0 saturated carbocycles. The topological polar surface area (TPSA) is 95.9 Å². The average molecular weight is 1170 g/mol. The van der Waals surface area contributed by atoms with Crippen molar-refractivity contribution in [2.24, 2.45) is 0 Å². The van der Waals surface area contributed by atoms with E-state index in [4.69, 9.17) is 4.74 Å². The van der Waals surface area contributed by atoms with Crippen molar-refractivity contribution in [1.29, 1.82) is 0 Å². The first kappa shape index (κ1) is 80.8. The maximum atomic E-state index is 12.6. The molecule has 488 valence electrons. The first-order valence-corrected chi connectivity index (χ1v) is 37.4. The first-order chi connectivity index (χ1) is 41.0. The normalized spacial score (nSPS) is 12.8. The van der Waals surface area contributed by atoms with Crippen molar-refractivity contribution in [1.82, 2.24) is 5.32 Å². The zero-order chi connectivity index (χ0) is 59.9. The van der Waals surface area contributed by atoms with Gasteiger partial charge in [0.2, 0.25) is 5.91 Å². The smallest absolute Gasteiger partial charge is 0.305 e. The fourth-order valence-corrected chi connectivity index (χ4v) is 11.6. The van der Waals surface area contributed by atoms with Crippen LogP contribution in [0.4, 0.5) is 0 Å². The lowest BCUT2D eigenvalue weighted by atomic mass is 10.0. The number of aliphatic hydroxyl groups is 2. The third-order valence-electron chi connectivity index (χ3n) is 17.4. The second kappa shape index (κ2) is 72.3. The highest BCUT2D eigenvalue weighted by Crippen LogP contribution is 2.19. The van der Waals surface area contributed by atoms with Gasteiger partial charge in [0.15, 0.2) is 0 Å². The summed E-state index contributed by atoms with van der Waals surface area (Å²) in [7, 11) is 0. The van der Waals surface area contributed by atoms with Gasteiger partial charge in [0.1, 0.15) is 0 Å². The number of aliphatic hydroxyl groups excluding tert-OH is 2. The number of hydrogen-bond donors (Lipinski definition) is 3. The summed E-state index contributed by atoms with van der Waals surface area (Å²) in [5.74, 6) is -0.0306. The molecule has 0 heterocycles. The number of esters is 1. The summed E-state index contributed by atoms with van der Waals surface area (Å²) in [6.45, 7) is 4.96. The Morgan fingerprint density at radius 1 is 0.337 bits per heavy atom. The van der Waals surface area contributed by atoms with Crippen molar-refractivity contribution in [3.63, 3.8) is 0 Å². The van der Waals surface area contributed by atoms with E-state index in [1.807, 2.05) is 0 Å². The van der Waals surface area contributed by atoms with E-state index in [1.165, 1.54) is 315 Å². The van der Waals surface area contributed by atoms with E-state index in [0.717, 1.165) is 57.8 Å². The minimum atomic E-state index is -0.668. The molecular weight excluding hydrogens is 1020 g/mol. The number of allylic oxidation sites excluding steroid dienone is 8. The van der Waals surface area contributed by atoms with Gasteiger partial charge in [-0.2, -0.15) is 0 Å². The number of rotatable bonds is 70. The summed E-state index contributed by atoms with van der Waals surface area (Å²) in [4.78, 5) is 24.7. The Labute approximate surface area is 518 Å². The molecule has 0 bridgehead atoms. The fraction of sp³-hybridized carbons (Fsp3) is 0.870. The van der Waals surface area contributed by atoms with Gasteiger partial charge in [-0.3, -0.25) is 9.59 Å². The maximum absolute atomic E-state index is 12.6. The summed E-state index contributed by atoms with van der Waals surface area (Å²) in [5.41, 5.74) is 0. The van der Waals surface area contributed by atoms with Crippen molar-refractivity contribution in [2.45, 2.75) is 418 Å². The predicted molar refractivity (Wildman–Crippen MR) is 366 cm³/mol. The van der Waals surface area contributed by atoms with Crippen LogP contribution >= 0.6 is 0 Å². The second-order valence-corrected chi connectivity index (χ2v) is 25.6. The number of ether oxygens (including phenoxy) is 1. The highest BCUT2D eigenvalue weighted by Gasteiger charge is 2.20. The summed E-state index contributed by atoms with van der Waals surface area (Å²) in [6, 6.07) is -0.546. The molecule has 0 spiro atoms. The monoisotopic (exact) mass is 1160 g/mol. The molecule has 0 saturated heterocycles. The van der Waals surface area contributed by atoms with Gasteiger partial charge in [0, 0.05) is 12.8 Å². The van der Waals surface area contributed by atoms with Gasteiger partial charge in [-0.1, -0.05) is 351 Å². The van der Waals surface area contributed by atoms with E-state index in [2.05, 4.69) is 67.8 Å². The molecule has 6 nitrogen and oxygen atoms in total. The van der Waals surface area contributed by atoms with Crippen LogP contribution in [-0.4, -0.2) is 47.4 Å². The molecule has 3 N–H and O–H groups in total. The third kappa shape index (κ3) is 68.8. The molecule has 0 aromatic rings. The zero-order valence-corrected chi connectivity index (χ0v) is 55.9. The van der Waals surface area contributed by atoms with Crippen LogP contribution in [-0.2, 0) is 14.3 Å². The molecule has 2 atom stereocenters. The predicted octanol–water partition coefficient (Wildman–Crippen LogP) is 24.4. The molecule has 0 fully saturated rings. The van der Waals surface area contributed by atoms with Gasteiger partial charge < -0.3 is 20.3 Å². The van der Waals surface area contributed by atoms with Crippen LogP contribution in [0.25, 0.3) is 0 Å². The Morgan fingerprint density at radius 3 is 0.928 bits per heavy atom. The number of carbonyl (C=O) groups is 2. The standard InChI is InChI=1S/C77H145NO5/c1-3-5-7-9-11-13-15-17-19-21-23-31-34-37-41-45-49-53-57-61-65-69-75(80)74(73-79)78-76(81)70-66-62-58-54-50-46-42-38-35-32-29-27-25-24-26-28-30-33-36-40-44-48-52-56-60-64-68-72-83-77(82)71-67-63-59-55-51-47-43-39-22-20-18-16-14-12-10-8-6-4-2/h14,16,20,22,24-25,28,30,74-75,79-80H,3-13,15,17-19,21,23,26-27,29,31-73H2,1-2H3,(H,78,81)/b16-14-,22-20-,25-24-,30-28-. The Morgan fingerprint density at radius 2 is 0.602 bits per heavy atom. The minimum Gasteiger partial charge on any atom is -0.466 e. The average Bonchev–Trinajstić information content (AvgIpc) is 3.49. The molecule has 83 heavy (non-hydrogen) atoms. The molecule has 0 aromatic carbocycles. The van der Waals surface area contributed by atoms with Gasteiger partial charge >= 0.3 is 5.97 Å². The lowest BCUT2D eigenvalue weighted by Crippen LogP contribution is -2.45. The minimum absolute atomic E-state index is 0.00376. The molecule has 0 aliphatic carbocycles. The van der Waals surface area contributed by atoms with Crippen molar-refractivity contribution in [3.05, 3.63) is 48.6 Å². The Hall–Kier alpha value is -2.18. The van der Waals surface area contributed by atoms with Crippen molar-refractivity contribution in [3.8, 4) is 0 Å². The molecule has 0 rings (SSSR count). The van der Waals surface area contributed by atoms with E-state index in [0.29, 0.717) is 25.9 Å². The number of nitrogens with one attached hydrogen (secondary N) is 1. The van der Waals surface area contributed by atoms with Crippen LogP contribution in [0.3, 0.4) is 0 Å². The number of amides is 1. The van der Waals surface area contributed by atoms with Crippen molar-refractivity contribution >= 4 is 11.9 Å². The Bertz CT molecular complexity index is 1390. The molecule has 2 unspecified atom stereocenters. The number of unbranched alkanes of at least 4 members (excludes halogenated alkanes) is 51. The fourth-order valence-electron chi connectivity index (χ4n) is 11.6. The van der Waals surface area contributed by atoms with Crippen LogP contribution in [0, 0.1) is 0 Å². The summed E-state index contributed by atoms with van der Waals surface area (Å²) < 4.78 is 5.50. The molecule has 0 aliphatic heterocycles. The largest absolute Gasteiger partial charge is 0.466 e. The zero-order valence-electron chi connectivity index (χ0n) is 55.9. The number of carbonyl (C=O) groups excluding carboxylic acids is 2. The van der Waals surface area contributed by atoms with Crippen molar-refractivity contribution in [2.75, 3.05) is 13.2 Å². The van der Waals surface area contributed by atoms with Crippen molar-refractivity contribution < 1.29 is 24.5 Å². The lowest BCUT2D eigenvalue weighted by Gasteiger charge is -2.22. The van der Waals surface area contributed by atoms with Crippen LogP contribution in [0.15, 0.2) is 48.6 Å². The van der Waals surface area contributed by atoms with E-state index in [1.54, 1.807) is 0 Å². The molecule has 6 heteroatoms. The number of hydrogen-bond acceptors (Lipinski definition) is 5. The van der Waals surface area contributed by atoms with Gasteiger partial charge in [-0.05, 0) is 89.9 Å². The summed E-state index contributed by atoms with van der Waals surface area (Å²) in [6.07, 6.45) is 94.5. The Kier molecular flexibility index (Phi) is 70.4. The molecule has 0 aromatic heterocycles. The van der Waals surface area contributed by atoms with Crippen LogP contribution in [0.5, 0.6) is 0 Å². The first-order valence-electron chi connectivity index (χ1n) is 37.4. The van der Waals surface area contributed by atoms with E-state index in [-0.39, 0.29) is 18.5 Å². The summed E-state index contributed by atoms with van der Waals surface area (Å²) >= 11 is 0. The lowest BCUT2D eigenvalue weighted by molar-refractivity contribution is -0.143. The van der Waals surface area contributed by atoms with Crippen LogP contribution < -0.4 is 5.32 Å².